The van der Waals surface area contributed by atoms with Crippen LogP contribution in [-0.4, -0.2) is 13.1 Å². The van der Waals surface area contributed by atoms with Gasteiger partial charge in [-0.2, -0.15) is 0 Å². The molecule has 0 aliphatic carbocycles. The van der Waals surface area contributed by atoms with Crippen LogP contribution in [0.3, 0.4) is 0 Å². The number of allylic oxidation sites excluding steroid dienone is 2. The minimum absolute atomic E-state index is 0. The van der Waals surface area contributed by atoms with E-state index in [1.54, 1.807) is 12.2 Å². The summed E-state index contributed by atoms with van der Waals surface area (Å²) in [4.78, 5) is 11.5. The summed E-state index contributed by atoms with van der Waals surface area (Å²) in [7, 11) is 1.40. The van der Waals surface area contributed by atoms with Crippen LogP contribution in [0.15, 0.2) is 55.1 Å². The van der Waals surface area contributed by atoms with Gasteiger partial charge < -0.3 is 4.74 Å². The Labute approximate surface area is 147 Å². The fraction of sp³-hybridized carbons (Fsp3) is 0.176. The summed E-state index contributed by atoms with van der Waals surface area (Å²) in [6, 6.07) is 9.87. The van der Waals surface area contributed by atoms with Crippen molar-refractivity contribution in [2.45, 2.75) is 6.42 Å². The summed E-state index contributed by atoms with van der Waals surface area (Å²) in [5.74, 6) is -0.465. The normalized spacial score (nSPS) is 8.83. The predicted octanol–water partition coefficient (Wildman–Crippen LogP) is 2.65. The van der Waals surface area contributed by atoms with Crippen molar-refractivity contribution >= 4 is 5.97 Å². The van der Waals surface area contributed by atoms with Gasteiger partial charge in [0.05, 0.1) is 13.0 Å². The second-order valence-corrected chi connectivity index (χ2v) is 3.44. The minimum Gasteiger partial charge on any atom is 0 e. The quantitative estimate of drug-likeness (QED) is 0.267. The number of methoxy groups -OCH3 is 1. The van der Waals surface area contributed by atoms with Crippen molar-refractivity contribution in [1.29, 1.82) is 0 Å². The molecule has 0 saturated carbocycles. The smallest absolute Gasteiger partial charge is 0 e. The molecular weight excluding hydrogens is 340 g/mol. The molecule has 0 aromatic heterocycles. The van der Waals surface area contributed by atoms with E-state index in [2.05, 4.69) is 26.5 Å². The topological polar surface area (TPSA) is 86.0 Å². The van der Waals surface area contributed by atoms with Gasteiger partial charge in [0.25, 0.3) is 0 Å². The maximum atomic E-state index is 11.5. The Morgan fingerprint density at radius 2 is 1.65 bits per heavy atom. The van der Waals surface area contributed by atoms with Gasteiger partial charge >= 0.3 is 39.9 Å². The summed E-state index contributed by atoms with van der Waals surface area (Å²) >= 11 is 0. The van der Waals surface area contributed by atoms with Crippen LogP contribution >= 0.6 is 0 Å². The maximum Gasteiger partial charge on any atom is 0 e. The van der Waals surface area contributed by atoms with Crippen molar-refractivity contribution in [2.24, 2.45) is 5.92 Å². The number of hydrogen-bond donors (Lipinski definition) is 0. The number of carbonyl (C=O) groups is 1. The molecule has 0 bridgehead atoms. The first kappa shape index (κ1) is 29.0. The standard InChI is InChI=1S/C14H16O2.3CO.Fe/c1-3-4-10-13(14(15)16-2)11-12-8-6-5-7-9-12;3*1-2;/h3-10,13H,1,11H2,2H3;;;;/b10-4+;;;;. The fourth-order valence-electron chi connectivity index (χ4n) is 1.46. The van der Waals surface area contributed by atoms with Gasteiger partial charge in [0, 0.05) is 17.1 Å². The van der Waals surface area contributed by atoms with Gasteiger partial charge in [-0.1, -0.05) is 55.1 Å². The van der Waals surface area contributed by atoms with E-state index in [1.165, 1.54) is 7.11 Å². The zero-order valence-electron chi connectivity index (χ0n) is 12.5. The number of rotatable bonds is 5. The largest absolute Gasteiger partial charge is 0 e. The SMILES string of the molecule is C=C/C=C/C(Cc1ccccc1)C(=O)OC.[C-]#[O+].[C-]#[O+].[C-]#[O+].[Fe]. The van der Waals surface area contributed by atoms with Crippen molar-refractivity contribution < 1.29 is 40.6 Å². The summed E-state index contributed by atoms with van der Waals surface area (Å²) in [5, 5.41) is 0. The van der Waals surface area contributed by atoms with Crippen LogP contribution in [0.4, 0.5) is 0 Å². The van der Waals surface area contributed by atoms with Gasteiger partial charge in [0.15, 0.2) is 0 Å². The van der Waals surface area contributed by atoms with Crippen molar-refractivity contribution in [2.75, 3.05) is 7.11 Å². The first-order valence-electron chi connectivity index (χ1n) is 5.80. The van der Waals surface area contributed by atoms with Crippen LogP contribution in [-0.2, 0) is 47.0 Å². The number of ether oxygens (including phenoxy) is 1. The second-order valence-electron chi connectivity index (χ2n) is 3.44. The zero-order valence-corrected chi connectivity index (χ0v) is 13.6. The molecular formula is C17H16FeO5. The summed E-state index contributed by atoms with van der Waals surface area (Å²) in [6.07, 6.45) is 5.88. The van der Waals surface area contributed by atoms with Crippen LogP contribution in [0.5, 0.6) is 0 Å². The van der Waals surface area contributed by atoms with Gasteiger partial charge in [-0.05, 0) is 12.0 Å². The van der Waals surface area contributed by atoms with Crippen LogP contribution in [0.2, 0.25) is 0 Å². The van der Waals surface area contributed by atoms with E-state index in [0.717, 1.165) is 5.56 Å². The molecule has 1 aromatic carbocycles. The van der Waals surface area contributed by atoms with Crippen LogP contribution in [0.1, 0.15) is 5.56 Å². The molecule has 0 radical (unpaired) electrons. The van der Waals surface area contributed by atoms with E-state index in [-0.39, 0.29) is 29.0 Å². The Morgan fingerprint density at radius 3 is 2.04 bits per heavy atom. The van der Waals surface area contributed by atoms with E-state index in [0.29, 0.717) is 6.42 Å². The van der Waals surface area contributed by atoms with E-state index < -0.39 is 0 Å². The summed E-state index contributed by atoms with van der Waals surface area (Å²) < 4.78 is 27.3. The molecule has 0 spiro atoms. The molecule has 23 heavy (non-hydrogen) atoms. The number of hydrogen-bond acceptors (Lipinski definition) is 2. The molecule has 0 amide bonds. The molecule has 0 aliphatic heterocycles. The van der Waals surface area contributed by atoms with E-state index in [4.69, 9.17) is 18.7 Å². The van der Waals surface area contributed by atoms with Crippen LogP contribution in [0, 0.1) is 25.9 Å². The molecule has 0 fully saturated rings. The molecule has 0 aliphatic rings. The van der Waals surface area contributed by atoms with Crippen molar-refractivity contribution in [3.8, 4) is 0 Å². The Bertz CT molecular complexity index is 474. The van der Waals surface area contributed by atoms with Gasteiger partial charge in [-0.25, -0.2) is 0 Å². The molecule has 122 valence electrons. The van der Waals surface area contributed by atoms with Crippen molar-refractivity contribution in [3.05, 3.63) is 80.7 Å². The second kappa shape index (κ2) is 24.9. The van der Waals surface area contributed by atoms with E-state index in [1.807, 2.05) is 36.4 Å². The van der Waals surface area contributed by atoms with Crippen molar-refractivity contribution in [1.82, 2.24) is 0 Å². The Kier molecular flexibility index (Phi) is 31.4. The summed E-state index contributed by atoms with van der Waals surface area (Å²) in [6.45, 7) is 17.1. The molecule has 6 heteroatoms. The van der Waals surface area contributed by atoms with Gasteiger partial charge in [0.1, 0.15) is 0 Å². The average Bonchev–Trinajstić information content (AvgIpc) is 2.64. The summed E-state index contributed by atoms with van der Waals surface area (Å²) in [5.41, 5.74) is 1.12. The molecule has 0 N–H and O–H groups in total. The Morgan fingerprint density at radius 1 is 1.17 bits per heavy atom. The molecule has 1 aromatic rings. The van der Waals surface area contributed by atoms with Gasteiger partial charge in [0.2, 0.25) is 0 Å². The number of esters is 1. The third-order valence-electron chi connectivity index (χ3n) is 2.28. The molecule has 1 unspecified atom stereocenters. The fourth-order valence-corrected chi connectivity index (χ4v) is 1.46. The molecule has 0 saturated heterocycles. The van der Waals surface area contributed by atoms with Crippen molar-refractivity contribution in [3.63, 3.8) is 0 Å². The maximum absolute atomic E-state index is 11.5. The minimum atomic E-state index is -0.245. The average molecular weight is 356 g/mol. The first-order chi connectivity index (χ1) is 10.8. The van der Waals surface area contributed by atoms with E-state index >= 15 is 0 Å². The molecule has 1 atom stereocenters. The van der Waals surface area contributed by atoms with Gasteiger partial charge in [-0.3, -0.25) is 4.79 Å². The molecule has 1 rings (SSSR count). The van der Waals surface area contributed by atoms with E-state index in [9.17, 15) is 4.79 Å². The predicted molar refractivity (Wildman–Crippen MR) is 76.8 cm³/mol. The Balaban J connectivity index is -0.000000231. The number of carbonyl (C=O) groups excluding carboxylic acids is 1. The third kappa shape index (κ3) is 16.1. The molecule has 5 nitrogen and oxygen atoms in total. The Hall–Kier alpha value is -2.09. The van der Waals surface area contributed by atoms with Crippen LogP contribution in [0.25, 0.3) is 0 Å². The number of benzene rings is 1. The van der Waals surface area contributed by atoms with Gasteiger partial charge in [-0.15, -0.1) is 0 Å². The molecule has 0 heterocycles. The zero-order chi connectivity index (χ0) is 17.8. The monoisotopic (exact) mass is 356 g/mol. The first-order valence-corrected chi connectivity index (χ1v) is 5.80. The van der Waals surface area contributed by atoms with Crippen LogP contribution < -0.4 is 0 Å². The third-order valence-corrected chi connectivity index (χ3v) is 2.28.